The number of hydrogen-bond acceptors (Lipinski definition) is 5. The third-order valence-corrected chi connectivity index (χ3v) is 2.79. The SMILES string of the molecule is COc1cc(-c2n[nH]nc2C(N)=O)ccc1OCC(C)C. The van der Waals surface area contributed by atoms with Crippen molar-refractivity contribution in [3.8, 4) is 22.8 Å². The van der Waals surface area contributed by atoms with E-state index in [1.54, 1.807) is 25.3 Å². The fourth-order valence-electron chi connectivity index (χ4n) is 1.79. The molecule has 0 radical (unpaired) electrons. The minimum Gasteiger partial charge on any atom is -0.493 e. The van der Waals surface area contributed by atoms with E-state index in [-0.39, 0.29) is 5.69 Å². The van der Waals surface area contributed by atoms with E-state index in [9.17, 15) is 4.79 Å². The molecule has 112 valence electrons. The number of hydrogen-bond donors (Lipinski definition) is 2. The summed E-state index contributed by atoms with van der Waals surface area (Å²) >= 11 is 0. The first-order chi connectivity index (χ1) is 10.0. The molecular formula is C14H18N4O3. The molecule has 0 aliphatic heterocycles. The number of methoxy groups -OCH3 is 1. The smallest absolute Gasteiger partial charge is 0.271 e. The minimum absolute atomic E-state index is 0.0906. The number of nitrogens with two attached hydrogens (primary N) is 1. The second-order valence-corrected chi connectivity index (χ2v) is 4.96. The summed E-state index contributed by atoms with van der Waals surface area (Å²) in [5, 5.41) is 10.1. The largest absolute Gasteiger partial charge is 0.493 e. The van der Waals surface area contributed by atoms with E-state index in [0.29, 0.717) is 35.3 Å². The van der Waals surface area contributed by atoms with Crippen molar-refractivity contribution in [1.29, 1.82) is 0 Å². The molecule has 0 atom stereocenters. The first-order valence-corrected chi connectivity index (χ1v) is 6.54. The van der Waals surface area contributed by atoms with Crippen molar-refractivity contribution in [3.05, 3.63) is 23.9 Å². The predicted molar refractivity (Wildman–Crippen MR) is 77.2 cm³/mol. The molecule has 0 saturated heterocycles. The van der Waals surface area contributed by atoms with E-state index in [1.165, 1.54) is 0 Å². The Morgan fingerprint density at radius 3 is 2.71 bits per heavy atom. The van der Waals surface area contributed by atoms with Crippen LogP contribution in [0.3, 0.4) is 0 Å². The van der Waals surface area contributed by atoms with E-state index in [2.05, 4.69) is 29.3 Å². The van der Waals surface area contributed by atoms with E-state index in [4.69, 9.17) is 15.2 Å². The second kappa shape index (κ2) is 6.25. The van der Waals surface area contributed by atoms with Gasteiger partial charge in [-0.2, -0.15) is 15.4 Å². The fourth-order valence-corrected chi connectivity index (χ4v) is 1.79. The number of benzene rings is 1. The standard InChI is InChI=1S/C14H18N4O3/c1-8(2)7-21-10-5-4-9(6-11(10)20-3)12-13(14(15)19)17-18-16-12/h4-6,8H,7H2,1-3H3,(H2,15,19)(H,16,17,18). The van der Waals surface area contributed by atoms with Crippen LogP contribution in [0.4, 0.5) is 0 Å². The monoisotopic (exact) mass is 290 g/mol. The molecule has 0 saturated carbocycles. The van der Waals surface area contributed by atoms with Crippen LogP contribution in [0.25, 0.3) is 11.3 Å². The van der Waals surface area contributed by atoms with Crippen LogP contribution < -0.4 is 15.2 Å². The number of aromatic amines is 1. The highest BCUT2D eigenvalue weighted by molar-refractivity contribution is 5.96. The molecule has 0 aliphatic carbocycles. The van der Waals surface area contributed by atoms with Crippen molar-refractivity contribution in [1.82, 2.24) is 15.4 Å². The highest BCUT2D eigenvalue weighted by atomic mass is 16.5. The van der Waals surface area contributed by atoms with Gasteiger partial charge in [0.25, 0.3) is 5.91 Å². The number of carbonyl (C=O) groups is 1. The molecule has 0 bridgehead atoms. The molecule has 3 N–H and O–H groups in total. The van der Waals surface area contributed by atoms with Gasteiger partial charge < -0.3 is 15.2 Å². The quantitative estimate of drug-likeness (QED) is 0.841. The zero-order valence-corrected chi connectivity index (χ0v) is 12.2. The van der Waals surface area contributed by atoms with Gasteiger partial charge in [0.2, 0.25) is 0 Å². The Morgan fingerprint density at radius 1 is 1.33 bits per heavy atom. The van der Waals surface area contributed by atoms with Gasteiger partial charge in [0, 0.05) is 5.56 Å². The molecule has 2 rings (SSSR count). The summed E-state index contributed by atoms with van der Waals surface area (Å²) < 4.78 is 11.0. The summed E-state index contributed by atoms with van der Waals surface area (Å²) in [4.78, 5) is 11.3. The van der Waals surface area contributed by atoms with Crippen LogP contribution in [0.15, 0.2) is 18.2 Å². The maximum atomic E-state index is 11.3. The van der Waals surface area contributed by atoms with Crippen LogP contribution in [-0.2, 0) is 0 Å². The van der Waals surface area contributed by atoms with E-state index < -0.39 is 5.91 Å². The van der Waals surface area contributed by atoms with Gasteiger partial charge in [-0.25, -0.2) is 0 Å². The highest BCUT2D eigenvalue weighted by Crippen LogP contribution is 2.32. The Bertz CT molecular complexity index is 637. The fraction of sp³-hybridized carbons (Fsp3) is 0.357. The van der Waals surface area contributed by atoms with E-state index in [1.807, 2.05) is 0 Å². The zero-order valence-electron chi connectivity index (χ0n) is 12.2. The molecule has 7 heteroatoms. The van der Waals surface area contributed by atoms with Crippen LogP contribution in [0.5, 0.6) is 11.5 Å². The third-order valence-electron chi connectivity index (χ3n) is 2.79. The first-order valence-electron chi connectivity index (χ1n) is 6.54. The number of amides is 1. The number of ether oxygens (including phenoxy) is 2. The molecule has 0 aliphatic rings. The van der Waals surface area contributed by atoms with Gasteiger partial charge in [-0.3, -0.25) is 4.79 Å². The molecule has 1 aromatic carbocycles. The lowest BCUT2D eigenvalue weighted by molar-refractivity contribution is 0.0996. The summed E-state index contributed by atoms with van der Waals surface area (Å²) in [5.74, 6) is 0.967. The number of aromatic nitrogens is 3. The molecule has 21 heavy (non-hydrogen) atoms. The molecule has 0 unspecified atom stereocenters. The van der Waals surface area contributed by atoms with E-state index >= 15 is 0 Å². The van der Waals surface area contributed by atoms with Gasteiger partial charge in [-0.05, 0) is 24.1 Å². The lowest BCUT2D eigenvalue weighted by Crippen LogP contribution is -2.12. The first kappa shape index (κ1) is 14.8. The summed E-state index contributed by atoms with van der Waals surface area (Å²) in [6, 6.07) is 5.29. The van der Waals surface area contributed by atoms with Gasteiger partial charge in [0.05, 0.1) is 13.7 Å². The van der Waals surface area contributed by atoms with Crippen LogP contribution >= 0.6 is 0 Å². The van der Waals surface area contributed by atoms with E-state index in [0.717, 1.165) is 0 Å². The normalized spacial score (nSPS) is 10.7. The molecule has 7 nitrogen and oxygen atoms in total. The maximum Gasteiger partial charge on any atom is 0.271 e. The number of carbonyl (C=O) groups excluding carboxylic acids is 1. The third kappa shape index (κ3) is 3.31. The Balaban J connectivity index is 2.34. The van der Waals surface area contributed by atoms with Crippen LogP contribution in [0, 0.1) is 5.92 Å². The topological polar surface area (TPSA) is 103 Å². The number of nitrogens with one attached hydrogen (secondary N) is 1. The molecule has 2 aromatic rings. The van der Waals surface area contributed by atoms with Gasteiger partial charge in [-0.15, -0.1) is 0 Å². The Kier molecular flexibility index (Phi) is 4.42. The van der Waals surface area contributed by atoms with Crippen molar-refractivity contribution >= 4 is 5.91 Å². The molecule has 1 heterocycles. The summed E-state index contributed by atoms with van der Waals surface area (Å²) in [6.07, 6.45) is 0. The minimum atomic E-state index is -0.641. The van der Waals surface area contributed by atoms with Crippen LogP contribution in [0.1, 0.15) is 24.3 Å². The number of rotatable bonds is 6. The van der Waals surface area contributed by atoms with Crippen LogP contribution in [0.2, 0.25) is 0 Å². The lowest BCUT2D eigenvalue weighted by atomic mass is 10.1. The second-order valence-electron chi connectivity index (χ2n) is 4.96. The Labute approximate surface area is 122 Å². The average molecular weight is 290 g/mol. The summed E-state index contributed by atoms with van der Waals surface area (Å²) in [5.41, 5.74) is 6.41. The zero-order chi connectivity index (χ0) is 15.4. The van der Waals surface area contributed by atoms with Crippen molar-refractivity contribution in [3.63, 3.8) is 0 Å². The molecule has 0 spiro atoms. The average Bonchev–Trinajstić information content (AvgIpc) is 2.94. The number of primary amides is 1. The molecule has 1 amide bonds. The highest BCUT2D eigenvalue weighted by Gasteiger charge is 2.17. The van der Waals surface area contributed by atoms with Gasteiger partial charge in [-0.1, -0.05) is 13.8 Å². The summed E-state index contributed by atoms with van der Waals surface area (Å²) in [6.45, 7) is 4.72. The van der Waals surface area contributed by atoms with Crippen LogP contribution in [-0.4, -0.2) is 35.0 Å². The summed E-state index contributed by atoms with van der Waals surface area (Å²) in [7, 11) is 1.55. The number of nitrogens with zero attached hydrogens (tertiary/aromatic N) is 2. The van der Waals surface area contributed by atoms with Gasteiger partial charge in [0.1, 0.15) is 5.69 Å². The number of H-pyrrole nitrogens is 1. The Morgan fingerprint density at radius 2 is 2.10 bits per heavy atom. The predicted octanol–water partition coefficient (Wildman–Crippen LogP) is 1.61. The molecular weight excluding hydrogens is 272 g/mol. The van der Waals surface area contributed by atoms with Crippen molar-refractivity contribution < 1.29 is 14.3 Å². The van der Waals surface area contributed by atoms with Gasteiger partial charge in [0.15, 0.2) is 17.2 Å². The maximum absolute atomic E-state index is 11.3. The molecule has 1 aromatic heterocycles. The van der Waals surface area contributed by atoms with Crippen molar-refractivity contribution in [2.45, 2.75) is 13.8 Å². The molecule has 0 fully saturated rings. The van der Waals surface area contributed by atoms with Gasteiger partial charge >= 0.3 is 0 Å². The lowest BCUT2D eigenvalue weighted by Gasteiger charge is -2.13. The van der Waals surface area contributed by atoms with Crippen molar-refractivity contribution in [2.24, 2.45) is 11.7 Å². The Hall–Kier alpha value is -2.57. The van der Waals surface area contributed by atoms with Crippen molar-refractivity contribution in [2.75, 3.05) is 13.7 Å².